The van der Waals surface area contributed by atoms with Crippen molar-refractivity contribution in [3.63, 3.8) is 0 Å². The van der Waals surface area contributed by atoms with Gasteiger partial charge in [0.1, 0.15) is 12.5 Å². The van der Waals surface area contributed by atoms with Crippen molar-refractivity contribution in [1.82, 2.24) is 9.97 Å². The molecule has 4 aliphatic rings. The SMILES string of the molecule is C/C=C1/C2=C/c3[n-]c4c(c3C)C(=O)C(C(=O)OC)/C4=C3/[N-]/C(=C\c4[n-]c(c(C(C)=O)c4C)/C=C(\[N-]2)C1C)C(C)C3CCC(=O)OC/C=C(\C)CCCC(C)CCCC(C)CCCC(C)C.[Mg+2]. The van der Waals surface area contributed by atoms with Gasteiger partial charge in [-0.1, -0.05) is 139 Å². The number of nitrogens with zero attached hydrogens (tertiary/aromatic N) is 4. The molecule has 0 radical (unpaired) electrons. The van der Waals surface area contributed by atoms with Gasteiger partial charge in [-0.15, -0.1) is 28.5 Å². The zero-order valence-electron chi connectivity index (χ0n) is 41.9. The molecule has 0 N–H and O–H groups in total. The molecule has 1 aliphatic carbocycles. The number of ether oxygens (including phenoxy) is 2. The number of carbonyl (C=O) groups excluding carboxylic acids is 4. The van der Waals surface area contributed by atoms with Crippen LogP contribution in [-0.4, -0.2) is 60.3 Å². The number of Topliss-reactive ketones (excluding diaryl/α,β-unsaturated/α-hetero) is 2. The number of ketones is 2. The summed E-state index contributed by atoms with van der Waals surface area (Å²) in [5, 5.41) is 10.2. The van der Waals surface area contributed by atoms with Crippen LogP contribution in [0.15, 0.2) is 46.1 Å². The Morgan fingerprint density at radius 3 is 2.08 bits per heavy atom. The van der Waals surface area contributed by atoms with E-state index in [-0.39, 0.29) is 71.4 Å². The van der Waals surface area contributed by atoms with Crippen LogP contribution in [0.5, 0.6) is 0 Å². The molecule has 6 atom stereocenters. The number of esters is 2. The third-order valence-electron chi connectivity index (χ3n) is 14.4. The van der Waals surface area contributed by atoms with Gasteiger partial charge in [0.2, 0.25) is 0 Å². The molecule has 5 heterocycles. The number of hydrogen-bond donors (Lipinski definition) is 0. The molecule has 8 bridgehead atoms. The van der Waals surface area contributed by atoms with Gasteiger partial charge in [-0.3, -0.25) is 19.2 Å². The van der Waals surface area contributed by atoms with Crippen LogP contribution in [0.4, 0.5) is 0 Å². The fraction of sp³-hybridized carbons (Fsp3) is 0.564. The summed E-state index contributed by atoms with van der Waals surface area (Å²) in [4.78, 5) is 64.6. The maximum atomic E-state index is 14.4. The molecule has 2 saturated heterocycles. The van der Waals surface area contributed by atoms with E-state index in [4.69, 9.17) is 30.1 Å². The van der Waals surface area contributed by atoms with Crippen LogP contribution >= 0.6 is 0 Å². The summed E-state index contributed by atoms with van der Waals surface area (Å²) in [6.07, 6.45) is 21.4. The van der Waals surface area contributed by atoms with Crippen LogP contribution in [0.1, 0.15) is 188 Å². The number of methoxy groups -OCH3 is 1. The summed E-state index contributed by atoms with van der Waals surface area (Å²) >= 11 is 0. The zero-order valence-corrected chi connectivity index (χ0v) is 43.3. The standard InChI is InChI=1S/C55H74N4O6.Mg/c1-13-39-34(7)41-29-46-48(38(11)60)36(9)43(57-46)27-42-35(8)40(52(58-42)50-51(55(63)64-12)54(62)49-37(10)44(59-53(49)50)28-45(39)56-41)23-24-47(61)65-26-25-33(6)22-16-21-32(5)20-15-19-31(4)18-14-17-30(2)3;/h13,25,27-32,34-35,40,51H,14-24,26H2,1-12H3,(H2-2,56,57,58,59,60,62);/q-2;+2/p-2/b33-25+,39-13+,42-27-,45-28-;. The second-order valence-corrected chi connectivity index (χ2v) is 19.8. The Morgan fingerprint density at radius 1 is 0.803 bits per heavy atom. The minimum absolute atomic E-state index is 0. The molecule has 2 aromatic rings. The van der Waals surface area contributed by atoms with Gasteiger partial charge in [-0.2, -0.15) is 17.1 Å². The summed E-state index contributed by atoms with van der Waals surface area (Å²) in [6.45, 7) is 23.0. The molecule has 352 valence electrons. The fourth-order valence-electron chi connectivity index (χ4n) is 10.3. The van der Waals surface area contributed by atoms with Gasteiger partial charge in [0.05, 0.1) is 7.11 Å². The Labute approximate surface area is 410 Å². The predicted octanol–water partition coefficient (Wildman–Crippen LogP) is 12.8. The first-order valence-corrected chi connectivity index (χ1v) is 24.2. The van der Waals surface area contributed by atoms with Gasteiger partial charge in [0, 0.05) is 17.5 Å². The Balaban J connectivity index is 0.00000817. The van der Waals surface area contributed by atoms with Crippen LogP contribution in [0, 0.1) is 55.3 Å². The second-order valence-electron chi connectivity index (χ2n) is 19.8. The molecule has 6 rings (SSSR count). The largest absolute Gasteiger partial charge is 2.00 e. The number of fused-ring (bicyclic) bond motifs is 7. The zero-order chi connectivity index (χ0) is 47.3. The summed E-state index contributed by atoms with van der Waals surface area (Å²) in [5.74, 6) is -1.17. The number of rotatable bonds is 19. The van der Waals surface area contributed by atoms with Crippen molar-refractivity contribution in [2.24, 2.45) is 41.4 Å². The molecule has 0 saturated carbocycles. The molecule has 10 nitrogen and oxygen atoms in total. The Hall–Kier alpha value is -4.35. The number of aromatic nitrogens is 2. The molecule has 0 amide bonds. The third-order valence-corrected chi connectivity index (χ3v) is 14.4. The maximum Gasteiger partial charge on any atom is 2.00 e. The molecule has 66 heavy (non-hydrogen) atoms. The first kappa shape index (κ1) is 52.6. The fourth-order valence-corrected chi connectivity index (χ4v) is 10.3. The molecule has 2 fully saturated rings. The van der Waals surface area contributed by atoms with Crippen molar-refractivity contribution in [1.29, 1.82) is 0 Å². The monoisotopic (exact) mass is 909 g/mol. The minimum Gasteiger partial charge on any atom is -0.664 e. The van der Waals surface area contributed by atoms with E-state index in [1.807, 2.05) is 58.1 Å². The van der Waals surface area contributed by atoms with E-state index in [0.29, 0.717) is 74.5 Å². The first-order chi connectivity index (χ1) is 30.9. The first-order valence-electron chi connectivity index (χ1n) is 24.2. The van der Waals surface area contributed by atoms with Crippen LogP contribution in [0.25, 0.3) is 34.4 Å². The van der Waals surface area contributed by atoms with E-state index in [0.717, 1.165) is 41.5 Å². The third kappa shape index (κ3) is 11.7. The topological polar surface area (TPSA) is 143 Å². The summed E-state index contributed by atoms with van der Waals surface area (Å²) in [5.41, 5.74) is 9.66. The van der Waals surface area contributed by atoms with Crippen molar-refractivity contribution in [3.05, 3.63) is 102 Å². The van der Waals surface area contributed by atoms with Gasteiger partial charge in [-0.05, 0) is 95.5 Å². The molecule has 0 spiro atoms. The molecule has 6 unspecified atom stereocenters. The molecule has 0 aromatic carbocycles. The van der Waals surface area contributed by atoms with Gasteiger partial charge >= 0.3 is 35.0 Å². The van der Waals surface area contributed by atoms with Crippen LogP contribution in [0.2, 0.25) is 0 Å². The average molecular weight is 910 g/mol. The quantitative estimate of drug-likeness (QED) is 0.0446. The summed E-state index contributed by atoms with van der Waals surface area (Å²) in [6, 6.07) is 0. The van der Waals surface area contributed by atoms with E-state index in [9.17, 15) is 19.2 Å². The Bertz CT molecular complexity index is 2350. The van der Waals surface area contributed by atoms with Gasteiger partial charge in [0.15, 0.2) is 11.6 Å². The smallest absolute Gasteiger partial charge is 0.664 e. The van der Waals surface area contributed by atoms with Crippen molar-refractivity contribution < 1.29 is 28.7 Å². The van der Waals surface area contributed by atoms with Crippen molar-refractivity contribution in [2.75, 3.05) is 13.7 Å². The van der Waals surface area contributed by atoms with Crippen molar-refractivity contribution in [2.45, 2.75) is 147 Å². The van der Waals surface area contributed by atoms with Gasteiger partial charge in [0.25, 0.3) is 0 Å². The predicted molar refractivity (Wildman–Crippen MR) is 266 cm³/mol. The van der Waals surface area contributed by atoms with Crippen LogP contribution in [-0.2, 0) is 19.1 Å². The van der Waals surface area contributed by atoms with Crippen molar-refractivity contribution in [3.8, 4) is 0 Å². The maximum absolute atomic E-state index is 14.4. The second kappa shape index (κ2) is 23.1. The number of hydrogen-bond acceptors (Lipinski definition) is 6. The van der Waals surface area contributed by atoms with E-state index in [2.05, 4.69) is 41.5 Å². The minimum atomic E-state index is -1.26. The Morgan fingerprint density at radius 2 is 1.44 bits per heavy atom. The molecular formula is C55H72MgN4O6-2. The van der Waals surface area contributed by atoms with E-state index < -0.39 is 11.9 Å². The molecule has 11 heteroatoms. The van der Waals surface area contributed by atoms with Crippen molar-refractivity contribution >= 4 is 70.4 Å². The average Bonchev–Trinajstić information content (AvgIpc) is 4.00. The number of allylic oxidation sites excluding steroid dienone is 6. The molecular weight excluding hydrogens is 837 g/mol. The summed E-state index contributed by atoms with van der Waals surface area (Å²) < 4.78 is 11.0. The normalized spacial score (nSPS) is 25.0. The molecule has 3 aliphatic heterocycles. The van der Waals surface area contributed by atoms with Crippen LogP contribution in [0.3, 0.4) is 0 Å². The Kier molecular flexibility index (Phi) is 18.4. The summed E-state index contributed by atoms with van der Waals surface area (Å²) in [7, 11) is 1.28. The van der Waals surface area contributed by atoms with E-state index >= 15 is 0 Å². The molecule has 2 aromatic heterocycles. The number of carbonyl (C=O) groups is 4. The van der Waals surface area contributed by atoms with Crippen LogP contribution < -0.4 is 9.97 Å². The van der Waals surface area contributed by atoms with E-state index in [1.54, 1.807) is 6.92 Å². The van der Waals surface area contributed by atoms with Gasteiger partial charge < -0.3 is 30.1 Å². The van der Waals surface area contributed by atoms with Gasteiger partial charge in [-0.25, -0.2) is 0 Å². The van der Waals surface area contributed by atoms with E-state index in [1.165, 1.54) is 57.6 Å².